The molecule has 0 aromatic rings. The van der Waals surface area contributed by atoms with Crippen LogP contribution in [0.15, 0.2) is 4.99 Å². The van der Waals surface area contributed by atoms with E-state index in [-0.39, 0.29) is 42.5 Å². The molecule has 0 aliphatic heterocycles. The van der Waals surface area contributed by atoms with Crippen molar-refractivity contribution in [1.82, 2.24) is 10.6 Å². The molecule has 4 N–H and O–H groups in total. The predicted octanol–water partition coefficient (Wildman–Crippen LogP) is 0.443. The van der Waals surface area contributed by atoms with Crippen molar-refractivity contribution in [2.45, 2.75) is 32.7 Å². The zero-order valence-corrected chi connectivity index (χ0v) is 12.2. The van der Waals surface area contributed by atoms with Crippen molar-refractivity contribution >= 4 is 35.8 Å². The fraction of sp³-hybridized carbons (Fsp3) is 0.800. The number of carbonyl (C=O) groups is 1. The van der Waals surface area contributed by atoms with E-state index in [0.29, 0.717) is 11.9 Å². The molecule has 94 valence electrons. The molecule has 1 fully saturated rings. The second-order valence-corrected chi connectivity index (χ2v) is 4.25. The fourth-order valence-electron chi connectivity index (χ4n) is 1.13. The Hall–Kier alpha value is -0.530. The molecule has 0 heterocycles. The van der Waals surface area contributed by atoms with Crippen LogP contribution in [0.4, 0.5) is 0 Å². The molecule has 16 heavy (non-hydrogen) atoms. The van der Waals surface area contributed by atoms with Crippen LogP contribution >= 0.6 is 24.0 Å². The van der Waals surface area contributed by atoms with Gasteiger partial charge in [0.2, 0.25) is 5.91 Å². The minimum atomic E-state index is -0.0598. The Morgan fingerprint density at radius 1 is 1.50 bits per heavy atom. The Kier molecular flexibility index (Phi) is 7.44. The third-order valence-corrected chi connectivity index (χ3v) is 2.11. The van der Waals surface area contributed by atoms with Gasteiger partial charge in [-0.1, -0.05) is 0 Å². The number of amides is 1. The number of carbonyl (C=O) groups excluding carboxylic acids is 1. The summed E-state index contributed by atoms with van der Waals surface area (Å²) in [5.41, 5.74) is 5.55. The normalized spacial score (nSPS) is 15.6. The van der Waals surface area contributed by atoms with Gasteiger partial charge in [0.1, 0.15) is 6.54 Å². The lowest BCUT2D eigenvalue weighted by Gasteiger charge is -2.08. The smallest absolute Gasteiger partial charge is 0.241 e. The van der Waals surface area contributed by atoms with Crippen LogP contribution in [-0.4, -0.2) is 31.0 Å². The lowest BCUT2D eigenvalue weighted by atomic mass is 10.4. The zero-order valence-electron chi connectivity index (χ0n) is 9.82. The highest BCUT2D eigenvalue weighted by Gasteiger charge is 2.21. The largest absolute Gasteiger partial charge is 0.370 e. The van der Waals surface area contributed by atoms with Crippen molar-refractivity contribution in [3.63, 3.8) is 0 Å². The molecule has 0 aromatic heterocycles. The van der Waals surface area contributed by atoms with Gasteiger partial charge in [0.15, 0.2) is 5.96 Å². The monoisotopic (exact) mass is 340 g/mol. The maximum atomic E-state index is 11.3. The average Bonchev–Trinajstić information content (AvgIpc) is 2.93. The molecule has 0 radical (unpaired) electrons. The van der Waals surface area contributed by atoms with Crippen LogP contribution in [0.5, 0.6) is 0 Å². The summed E-state index contributed by atoms with van der Waals surface area (Å²) in [6.45, 7) is 4.83. The molecule has 1 amide bonds. The summed E-state index contributed by atoms with van der Waals surface area (Å²) < 4.78 is 0. The molecule has 0 spiro atoms. The Balaban J connectivity index is 0.00000225. The van der Waals surface area contributed by atoms with E-state index in [4.69, 9.17) is 5.73 Å². The van der Waals surface area contributed by atoms with Gasteiger partial charge < -0.3 is 16.4 Å². The second-order valence-electron chi connectivity index (χ2n) is 4.25. The predicted molar refractivity (Wildman–Crippen MR) is 75.9 cm³/mol. The molecule has 0 aromatic carbocycles. The highest BCUT2D eigenvalue weighted by molar-refractivity contribution is 14.0. The van der Waals surface area contributed by atoms with E-state index in [0.717, 1.165) is 6.54 Å². The van der Waals surface area contributed by atoms with Gasteiger partial charge in [-0.3, -0.25) is 4.79 Å². The lowest BCUT2D eigenvalue weighted by molar-refractivity contribution is -0.119. The minimum absolute atomic E-state index is 0. The summed E-state index contributed by atoms with van der Waals surface area (Å²) in [4.78, 5) is 15.2. The molecule has 0 atom stereocenters. The van der Waals surface area contributed by atoms with Gasteiger partial charge in [0.25, 0.3) is 0 Å². The number of rotatable bonds is 5. The third-order valence-electron chi connectivity index (χ3n) is 2.11. The molecular weight excluding hydrogens is 319 g/mol. The Bertz CT molecular complexity index is 251. The summed E-state index contributed by atoms with van der Waals surface area (Å²) in [7, 11) is 0. The molecule has 5 nitrogen and oxygen atoms in total. The summed E-state index contributed by atoms with van der Waals surface area (Å²) >= 11 is 0. The Labute approximate surface area is 114 Å². The first kappa shape index (κ1) is 15.5. The van der Waals surface area contributed by atoms with Crippen LogP contribution in [0.1, 0.15) is 26.7 Å². The van der Waals surface area contributed by atoms with E-state index in [9.17, 15) is 4.79 Å². The molecular formula is C10H21IN4O. The fourth-order valence-corrected chi connectivity index (χ4v) is 1.13. The van der Waals surface area contributed by atoms with Gasteiger partial charge in [0, 0.05) is 12.6 Å². The van der Waals surface area contributed by atoms with Crippen LogP contribution in [-0.2, 0) is 4.79 Å². The lowest BCUT2D eigenvalue weighted by Crippen LogP contribution is -2.38. The van der Waals surface area contributed by atoms with Crippen molar-refractivity contribution in [1.29, 1.82) is 0 Å². The molecule has 0 saturated heterocycles. The maximum Gasteiger partial charge on any atom is 0.241 e. The van der Waals surface area contributed by atoms with Crippen LogP contribution in [0, 0.1) is 5.92 Å². The Morgan fingerprint density at radius 2 is 2.12 bits per heavy atom. The van der Waals surface area contributed by atoms with E-state index in [1.165, 1.54) is 12.8 Å². The third kappa shape index (κ3) is 7.72. The van der Waals surface area contributed by atoms with Gasteiger partial charge in [-0.25, -0.2) is 4.99 Å². The van der Waals surface area contributed by atoms with Gasteiger partial charge >= 0.3 is 0 Å². The van der Waals surface area contributed by atoms with Crippen molar-refractivity contribution in [3.05, 3.63) is 0 Å². The van der Waals surface area contributed by atoms with Gasteiger partial charge in [-0.15, -0.1) is 24.0 Å². The second kappa shape index (κ2) is 7.70. The van der Waals surface area contributed by atoms with Crippen LogP contribution in [0.2, 0.25) is 0 Å². The average molecular weight is 340 g/mol. The first-order valence-corrected chi connectivity index (χ1v) is 5.41. The van der Waals surface area contributed by atoms with Crippen molar-refractivity contribution < 1.29 is 4.79 Å². The molecule has 1 aliphatic rings. The standard InChI is InChI=1S/C10H20N4O.HI/c1-7(2)14-10(11)13-6-9(15)12-5-8-3-4-8;/h7-8H,3-6H2,1-2H3,(H,12,15)(H3,11,13,14);1H. The van der Waals surface area contributed by atoms with Crippen LogP contribution in [0.25, 0.3) is 0 Å². The van der Waals surface area contributed by atoms with Crippen LogP contribution in [0.3, 0.4) is 0 Å². The van der Waals surface area contributed by atoms with Gasteiger partial charge in [-0.05, 0) is 32.6 Å². The highest BCUT2D eigenvalue weighted by atomic mass is 127. The maximum absolute atomic E-state index is 11.3. The van der Waals surface area contributed by atoms with E-state index < -0.39 is 0 Å². The van der Waals surface area contributed by atoms with Crippen molar-refractivity contribution in [3.8, 4) is 0 Å². The highest BCUT2D eigenvalue weighted by Crippen LogP contribution is 2.27. The summed E-state index contributed by atoms with van der Waals surface area (Å²) in [5.74, 6) is 0.964. The van der Waals surface area contributed by atoms with E-state index in [1.807, 2.05) is 13.8 Å². The minimum Gasteiger partial charge on any atom is -0.370 e. The van der Waals surface area contributed by atoms with Gasteiger partial charge in [-0.2, -0.15) is 0 Å². The Morgan fingerprint density at radius 3 is 2.62 bits per heavy atom. The molecule has 0 unspecified atom stereocenters. The number of nitrogens with zero attached hydrogens (tertiary/aromatic N) is 1. The molecule has 1 aliphatic carbocycles. The summed E-state index contributed by atoms with van der Waals surface area (Å²) in [6.07, 6.45) is 2.47. The van der Waals surface area contributed by atoms with E-state index >= 15 is 0 Å². The summed E-state index contributed by atoms with van der Waals surface area (Å²) in [5, 5.41) is 5.75. The van der Waals surface area contributed by atoms with E-state index in [1.54, 1.807) is 0 Å². The number of nitrogens with two attached hydrogens (primary N) is 1. The molecule has 0 bridgehead atoms. The number of nitrogens with one attached hydrogen (secondary N) is 2. The van der Waals surface area contributed by atoms with Crippen LogP contribution < -0.4 is 16.4 Å². The van der Waals surface area contributed by atoms with Gasteiger partial charge in [0.05, 0.1) is 0 Å². The summed E-state index contributed by atoms with van der Waals surface area (Å²) in [6, 6.07) is 0.239. The molecule has 1 saturated carbocycles. The first-order chi connectivity index (χ1) is 7.08. The number of guanidine groups is 1. The number of hydrogen-bond donors (Lipinski definition) is 3. The van der Waals surface area contributed by atoms with Crippen molar-refractivity contribution in [2.75, 3.05) is 13.1 Å². The number of aliphatic imine (C=N–C) groups is 1. The molecule has 1 rings (SSSR count). The topological polar surface area (TPSA) is 79.5 Å². The number of halogens is 1. The first-order valence-electron chi connectivity index (χ1n) is 5.41. The molecule has 6 heteroatoms. The zero-order chi connectivity index (χ0) is 11.3. The number of hydrogen-bond acceptors (Lipinski definition) is 2. The SMILES string of the molecule is CC(C)NC(N)=NCC(=O)NCC1CC1.I. The van der Waals surface area contributed by atoms with E-state index in [2.05, 4.69) is 15.6 Å². The van der Waals surface area contributed by atoms with Crippen molar-refractivity contribution in [2.24, 2.45) is 16.6 Å². The quantitative estimate of drug-likeness (QED) is 0.386.